The predicted molar refractivity (Wildman–Crippen MR) is 91.6 cm³/mol. The number of hydrogen-bond acceptors (Lipinski definition) is 6. The molecule has 1 N–H and O–H groups in total. The molecule has 2 aromatic heterocycles. The molecule has 1 fully saturated rings. The van der Waals surface area contributed by atoms with Gasteiger partial charge in [-0.25, -0.2) is 4.98 Å². The van der Waals surface area contributed by atoms with E-state index in [-0.39, 0.29) is 29.1 Å². The number of nitrogens with zero attached hydrogens (tertiary/aromatic N) is 1. The van der Waals surface area contributed by atoms with Crippen molar-refractivity contribution in [2.75, 3.05) is 0 Å². The van der Waals surface area contributed by atoms with E-state index in [1.165, 1.54) is 12.1 Å². The van der Waals surface area contributed by atoms with Crippen LogP contribution in [0.2, 0.25) is 0 Å². The Morgan fingerprint density at radius 2 is 1.93 bits per heavy atom. The zero-order valence-corrected chi connectivity index (χ0v) is 14.4. The highest BCUT2D eigenvalue weighted by atomic mass is 19.3. The van der Waals surface area contributed by atoms with Crippen molar-refractivity contribution in [3.8, 4) is 28.7 Å². The minimum Gasteiger partial charge on any atom is -0.474 e. The molecule has 1 aliphatic carbocycles. The van der Waals surface area contributed by atoms with Crippen LogP contribution in [0.15, 0.2) is 51.9 Å². The van der Waals surface area contributed by atoms with E-state index in [0.717, 1.165) is 18.4 Å². The molecule has 3 heterocycles. The van der Waals surface area contributed by atoms with Gasteiger partial charge in [-0.05, 0) is 42.5 Å². The van der Waals surface area contributed by atoms with Gasteiger partial charge in [-0.2, -0.15) is 5.16 Å². The van der Waals surface area contributed by atoms with E-state index in [1.54, 1.807) is 30.5 Å². The number of pyridine rings is 1. The van der Waals surface area contributed by atoms with Crippen LogP contribution in [0.1, 0.15) is 24.3 Å². The van der Waals surface area contributed by atoms with Gasteiger partial charge in [0.2, 0.25) is 5.88 Å². The van der Waals surface area contributed by atoms with Gasteiger partial charge in [-0.3, -0.25) is 4.79 Å². The van der Waals surface area contributed by atoms with E-state index >= 15 is 0 Å². The van der Waals surface area contributed by atoms with E-state index in [4.69, 9.17) is 9.26 Å². The molecule has 0 spiro atoms. The SMILES string of the molecule is O=c1cc(-c2ccc(OC3CC(c4ccc5c(c4)OC(F)(F)O5)C3)nc2)o[nH]1. The largest absolute Gasteiger partial charge is 0.586 e. The van der Waals surface area contributed by atoms with E-state index < -0.39 is 6.29 Å². The van der Waals surface area contributed by atoms with E-state index in [1.807, 2.05) is 0 Å². The summed E-state index contributed by atoms with van der Waals surface area (Å²) in [6, 6.07) is 9.66. The van der Waals surface area contributed by atoms with Crippen LogP contribution in [-0.2, 0) is 0 Å². The van der Waals surface area contributed by atoms with Crippen molar-refractivity contribution in [3.05, 3.63) is 58.5 Å². The molecule has 0 saturated heterocycles. The van der Waals surface area contributed by atoms with Crippen LogP contribution in [0.5, 0.6) is 17.4 Å². The number of ether oxygens (including phenoxy) is 3. The van der Waals surface area contributed by atoms with Gasteiger partial charge in [0.25, 0.3) is 5.56 Å². The summed E-state index contributed by atoms with van der Waals surface area (Å²) in [4.78, 5) is 15.3. The van der Waals surface area contributed by atoms with Gasteiger partial charge in [0.15, 0.2) is 17.3 Å². The normalized spacial score (nSPS) is 21.9. The fourth-order valence-corrected chi connectivity index (χ4v) is 3.35. The summed E-state index contributed by atoms with van der Waals surface area (Å²) >= 11 is 0. The molecule has 1 saturated carbocycles. The topological polar surface area (TPSA) is 86.6 Å². The molecule has 28 heavy (non-hydrogen) atoms. The third-order valence-corrected chi connectivity index (χ3v) is 4.82. The summed E-state index contributed by atoms with van der Waals surface area (Å²) in [6.45, 7) is 0. The third kappa shape index (κ3) is 3.08. The van der Waals surface area contributed by atoms with Crippen molar-refractivity contribution >= 4 is 0 Å². The highest BCUT2D eigenvalue weighted by molar-refractivity contribution is 5.55. The van der Waals surface area contributed by atoms with Crippen LogP contribution in [0.25, 0.3) is 11.3 Å². The number of alkyl halides is 2. The van der Waals surface area contributed by atoms with Gasteiger partial charge in [0, 0.05) is 17.8 Å². The highest BCUT2D eigenvalue weighted by Crippen LogP contribution is 2.46. The smallest absolute Gasteiger partial charge is 0.474 e. The molecule has 2 aliphatic rings. The maximum absolute atomic E-state index is 13.1. The van der Waals surface area contributed by atoms with E-state index in [2.05, 4.69) is 19.6 Å². The van der Waals surface area contributed by atoms with Crippen LogP contribution in [0.4, 0.5) is 8.78 Å². The second-order valence-corrected chi connectivity index (χ2v) is 6.74. The maximum atomic E-state index is 13.1. The number of halogens is 2. The molecule has 0 bridgehead atoms. The molecular weight excluding hydrogens is 374 g/mol. The lowest BCUT2D eigenvalue weighted by atomic mass is 9.77. The zero-order valence-electron chi connectivity index (χ0n) is 14.4. The number of hydrogen-bond donors (Lipinski definition) is 1. The maximum Gasteiger partial charge on any atom is 0.586 e. The summed E-state index contributed by atoms with van der Waals surface area (Å²) in [5.74, 6) is 1.17. The number of benzene rings is 1. The van der Waals surface area contributed by atoms with Crippen LogP contribution in [-0.4, -0.2) is 22.5 Å². The second kappa shape index (κ2) is 6.08. The monoisotopic (exact) mass is 388 g/mol. The molecule has 9 heteroatoms. The van der Waals surface area contributed by atoms with Crippen molar-refractivity contribution in [2.45, 2.75) is 31.2 Å². The minimum atomic E-state index is -3.60. The van der Waals surface area contributed by atoms with Gasteiger partial charge in [-0.15, -0.1) is 8.78 Å². The van der Waals surface area contributed by atoms with Crippen LogP contribution >= 0.6 is 0 Å². The van der Waals surface area contributed by atoms with Crippen LogP contribution in [0, 0.1) is 0 Å². The average molecular weight is 388 g/mol. The van der Waals surface area contributed by atoms with Gasteiger partial charge < -0.3 is 18.7 Å². The Morgan fingerprint density at radius 3 is 2.64 bits per heavy atom. The van der Waals surface area contributed by atoms with Gasteiger partial charge in [0.1, 0.15) is 6.10 Å². The number of aromatic nitrogens is 2. The Bertz CT molecular complexity index is 1070. The standard InChI is InChI=1S/C19H14F2N2O5/c20-19(21)26-14-3-1-10(7-16(14)27-19)12-5-13(6-12)25-18-4-2-11(9-22-18)15-8-17(24)23-28-15/h1-4,7-9,12-13H,5-6H2,(H,23,24). The van der Waals surface area contributed by atoms with E-state index in [0.29, 0.717) is 17.2 Å². The molecule has 0 radical (unpaired) electrons. The van der Waals surface area contributed by atoms with Gasteiger partial charge in [-0.1, -0.05) is 6.07 Å². The summed E-state index contributed by atoms with van der Waals surface area (Å²) in [6.07, 6.45) is -0.568. The fraction of sp³-hybridized carbons (Fsp3) is 0.263. The zero-order chi connectivity index (χ0) is 19.3. The predicted octanol–water partition coefficient (Wildman–Crippen LogP) is 3.68. The molecular formula is C19H14F2N2O5. The molecule has 1 aliphatic heterocycles. The lowest BCUT2D eigenvalue weighted by Crippen LogP contribution is -2.32. The quantitative estimate of drug-likeness (QED) is 0.734. The van der Waals surface area contributed by atoms with Gasteiger partial charge >= 0.3 is 6.29 Å². The van der Waals surface area contributed by atoms with Crippen molar-refractivity contribution in [2.24, 2.45) is 0 Å². The van der Waals surface area contributed by atoms with E-state index in [9.17, 15) is 13.6 Å². The second-order valence-electron chi connectivity index (χ2n) is 6.74. The summed E-state index contributed by atoms with van der Waals surface area (Å²) in [5.41, 5.74) is 1.25. The Labute approximate surface area is 156 Å². The van der Waals surface area contributed by atoms with Crippen molar-refractivity contribution < 1.29 is 27.5 Å². The third-order valence-electron chi connectivity index (χ3n) is 4.82. The number of rotatable bonds is 4. The molecule has 0 atom stereocenters. The number of H-pyrrole nitrogens is 1. The highest BCUT2D eigenvalue weighted by Gasteiger charge is 2.44. The summed E-state index contributed by atoms with van der Waals surface area (Å²) in [7, 11) is 0. The minimum absolute atomic E-state index is 0.0135. The van der Waals surface area contributed by atoms with Crippen molar-refractivity contribution in [1.82, 2.24) is 10.1 Å². The first-order chi connectivity index (χ1) is 13.4. The van der Waals surface area contributed by atoms with Crippen molar-refractivity contribution in [1.29, 1.82) is 0 Å². The molecule has 144 valence electrons. The van der Waals surface area contributed by atoms with Crippen LogP contribution < -0.4 is 19.8 Å². The first kappa shape index (κ1) is 16.8. The van der Waals surface area contributed by atoms with Gasteiger partial charge in [0.05, 0.1) is 6.07 Å². The lowest BCUT2D eigenvalue weighted by Gasteiger charge is -2.35. The number of fused-ring (bicyclic) bond motifs is 1. The molecule has 3 aromatic rings. The molecule has 5 rings (SSSR count). The lowest BCUT2D eigenvalue weighted by molar-refractivity contribution is -0.286. The average Bonchev–Trinajstić information content (AvgIpc) is 3.19. The van der Waals surface area contributed by atoms with Crippen LogP contribution in [0.3, 0.4) is 0 Å². The summed E-state index contributed by atoms with van der Waals surface area (Å²) < 4.78 is 46.0. The van der Waals surface area contributed by atoms with Crippen molar-refractivity contribution in [3.63, 3.8) is 0 Å². The Morgan fingerprint density at radius 1 is 1.11 bits per heavy atom. The molecule has 0 amide bonds. The first-order valence-corrected chi connectivity index (χ1v) is 8.66. The number of nitrogens with one attached hydrogen (secondary N) is 1. The molecule has 7 nitrogen and oxygen atoms in total. The fourth-order valence-electron chi connectivity index (χ4n) is 3.35. The Hall–Kier alpha value is -3.36. The summed E-state index contributed by atoms with van der Waals surface area (Å²) in [5, 5.41) is 2.22. The Balaban J connectivity index is 1.20. The first-order valence-electron chi connectivity index (χ1n) is 8.66. The molecule has 0 unspecified atom stereocenters. The molecule has 1 aromatic carbocycles. The Kier molecular flexibility index (Phi) is 3.65. The number of aromatic amines is 1.